The number of ketones is 1. The van der Waals surface area contributed by atoms with Crippen molar-refractivity contribution in [1.29, 1.82) is 0 Å². The van der Waals surface area contributed by atoms with Gasteiger partial charge in [0.05, 0.1) is 13.2 Å². The topological polar surface area (TPSA) is 138 Å². The quantitative estimate of drug-likeness (QED) is 0.262. The molecule has 14 heavy (non-hydrogen) atoms. The predicted octanol–water partition coefficient (Wildman–Crippen LogP) is -4.02. The summed E-state index contributed by atoms with van der Waals surface area (Å²) in [7, 11) is 0. The van der Waals surface area contributed by atoms with E-state index >= 15 is 0 Å². The van der Waals surface area contributed by atoms with Crippen LogP contribution < -0.4 is 0 Å². The first kappa shape index (κ1) is 13.4. The average Bonchev–Trinajstić information content (AvgIpc) is 2.23. The van der Waals surface area contributed by atoms with Gasteiger partial charge in [-0.05, 0) is 0 Å². The maximum Gasteiger partial charge on any atom is 0.194 e. The molecule has 0 aliphatic rings. The molecule has 0 spiro atoms. The van der Waals surface area contributed by atoms with E-state index in [2.05, 4.69) is 0 Å². The van der Waals surface area contributed by atoms with Crippen LogP contribution in [0.5, 0.6) is 0 Å². The van der Waals surface area contributed by atoms with Crippen LogP contribution in [-0.4, -0.2) is 74.1 Å². The number of hydrogen-bond donors (Lipinski definition) is 6. The van der Waals surface area contributed by atoms with E-state index in [1.807, 2.05) is 0 Å². The largest absolute Gasteiger partial charge is 0.394 e. The van der Waals surface area contributed by atoms with E-state index in [0.29, 0.717) is 0 Å². The van der Waals surface area contributed by atoms with Gasteiger partial charge in [0.2, 0.25) is 0 Å². The molecular formula is C7H14O7. The first-order chi connectivity index (χ1) is 6.45. The van der Waals surface area contributed by atoms with Crippen molar-refractivity contribution in [2.45, 2.75) is 24.4 Å². The van der Waals surface area contributed by atoms with Gasteiger partial charge in [-0.2, -0.15) is 0 Å². The third-order valence-electron chi connectivity index (χ3n) is 1.70. The van der Waals surface area contributed by atoms with E-state index in [1.54, 1.807) is 0 Å². The highest BCUT2D eigenvalue weighted by Gasteiger charge is 2.33. The summed E-state index contributed by atoms with van der Waals surface area (Å²) in [5.74, 6) is -1.22. The Balaban J connectivity index is 4.30. The lowest BCUT2D eigenvalue weighted by Gasteiger charge is -2.21. The van der Waals surface area contributed by atoms with Gasteiger partial charge in [0, 0.05) is 0 Å². The molecule has 0 rings (SSSR count). The highest BCUT2D eigenvalue weighted by atomic mass is 16.4. The summed E-state index contributed by atoms with van der Waals surface area (Å²) in [6.45, 7) is -1.72. The second kappa shape index (κ2) is 6.02. The normalized spacial score (nSPS) is 19.9. The fourth-order valence-corrected chi connectivity index (χ4v) is 0.774. The lowest BCUT2D eigenvalue weighted by atomic mass is 10.0. The molecule has 0 amide bonds. The fourth-order valence-electron chi connectivity index (χ4n) is 0.774. The Morgan fingerprint density at radius 3 is 1.86 bits per heavy atom. The van der Waals surface area contributed by atoms with Crippen LogP contribution in [0.25, 0.3) is 0 Å². The van der Waals surface area contributed by atoms with Crippen LogP contribution in [0.2, 0.25) is 0 Å². The molecule has 0 saturated heterocycles. The summed E-state index contributed by atoms with van der Waals surface area (Å²) in [6, 6.07) is 0. The Kier molecular flexibility index (Phi) is 5.77. The van der Waals surface area contributed by atoms with Crippen LogP contribution in [-0.2, 0) is 4.79 Å². The van der Waals surface area contributed by atoms with Gasteiger partial charge in [-0.25, -0.2) is 0 Å². The number of hydrogen-bond acceptors (Lipinski definition) is 7. The minimum absolute atomic E-state index is 0.833. The molecule has 1 unspecified atom stereocenters. The number of Topliss-reactive ketones (excluding diaryl/α,β-unsaturated/α-hetero) is 1. The minimum atomic E-state index is -2.04. The van der Waals surface area contributed by atoms with Gasteiger partial charge < -0.3 is 30.6 Å². The lowest BCUT2D eigenvalue weighted by molar-refractivity contribution is -0.150. The van der Waals surface area contributed by atoms with Crippen molar-refractivity contribution in [2.24, 2.45) is 0 Å². The molecule has 0 radical (unpaired) electrons. The molecule has 7 heteroatoms. The summed E-state index contributed by atoms with van der Waals surface area (Å²) in [5.41, 5.74) is 0. The Morgan fingerprint density at radius 2 is 1.50 bits per heavy atom. The van der Waals surface area contributed by atoms with Crippen molar-refractivity contribution in [3.05, 3.63) is 0 Å². The number of rotatable bonds is 6. The summed E-state index contributed by atoms with van der Waals surface area (Å²) in [4.78, 5) is 10.9. The highest BCUT2D eigenvalue weighted by molar-refractivity contribution is 5.87. The first-order valence-electron chi connectivity index (χ1n) is 3.93. The Labute approximate surface area is 79.9 Å². The minimum Gasteiger partial charge on any atom is -0.394 e. The Morgan fingerprint density at radius 1 is 1.00 bits per heavy atom. The fraction of sp³-hybridized carbons (Fsp3) is 0.857. The van der Waals surface area contributed by atoms with Crippen LogP contribution in [0, 0.1) is 0 Å². The molecule has 4 atom stereocenters. The van der Waals surface area contributed by atoms with Crippen molar-refractivity contribution in [3.8, 4) is 0 Å². The third-order valence-corrected chi connectivity index (χ3v) is 1.70. The van der Waals surface area contributed by atoms with Gasteiger partial charge in [0.1, 0.15) is 24.4 Å². The number of carbonyl (C=O) groups is 1. The average molecular weight is 210 g/mol. The zero-order chi connectivity index (χ0) is 11.3. The molecule has 84 valence electrons. The SMILES string of the molecule is O=C(C(O)CO)[C@H](O)[C@@H](O)[C@H](O)CO. The smallest absolute Gasteiger partial charge is 0.194 e. The van der Waals surface area contributed by atoms with Gasteiger partial charge in [0.15, 0.2) is 5.78 Å². The van der Waals surface area contributed by atoms with E-state index in [0.717, 1.165) is 0 Å². The predicted molar refractivity (Wildman–Crippen MR) is 43.2 cm³/mol. The molecule has 0 fully saturated rings. The van der Waals surface area contributed by atoms with Gasteiger partial charge in [-0.15, -0.1) is 0 Å². The molecule has 0 aromatic carbocycles. The van der Waals surface area contributed by atoms with E-state index in [4.69, 9.17) is 30.6 Å². The molecule has 6 N–H and O–H groups in total. The summed E-state index contributed by atoms with van der Waals surface area (Å²) >= 11 is 0. The summed E-state index contributed by atoms with van der Waals surface area (Å²) in [6.07, 6.45) is -7.43. The van der Waals surface area contributed by atoms with Gasteiger partial charge in [-0.1, -0.05) is 0 Å². The monoisotopic (exact) mass is 210 g/mol. The second-order valence-electron chi connectivity index (χ2n) is 2.79. The third kappa shape index (κ3) is 3.29. The van der Waals surface area contributed by atoms with Crippen LogP contribution in [0.4, 0.5) is 0 Å². The maximum absolute atomic E-state index is 10.9. The highest BCUT2D eigenvalue weighted by Crippen LogP contribution is 2.03. The van der Waals surface area contributed by atoms with E-state index in [-0.39, 0.29) is 0 Å². The molecule has 0 saturated carbocycles. The van der Waals surface area contributed by atoms with Gasteiger partial charge in [0.25, 0.3) is 0 Å². The molecule has 0 bridgehead atoms. The molecular weight excluding hydrogens is 196 g/mol. The van der Waals surface area contributed by atoms with Gasteiger partial charge >= 0.3 is 0 Å². The molecule has 7 nitrogen and oxygen atoms in total. The summed E-state index contributed by atoms with van der Waals surface area (Å²) in [5, 5.41) is 52.4. The van der Waals surface area contributed by atoms with Crippen LogP contribution in [0.3, 0.4) is 0 Å². The molecule has 0 heterocycles. The number of carbonyl (C=O) groups excluding carboxylic acids is 1. The number of aliphatic hydroxyl groups is 6. The van der Waals surface area contributed by atoms with Crippen molar-refractivity contribution in [3.63, 3.8) is 0 Å². The standard InChI is InChI=1S/C7H14O7/c8-1-3(10)5(12)7(14)6(13)4(11)2-9/h3-5,7-12,14H,1-2H2/t3-,4?,5+,7-/m1/s1. The van der Waals surface area contributed by atoms with Gasteiger partial charge in [-0.3, -0.25) is 4.79 Å². The Bertz CT molecular complexity index is 183. The summed E-state index contributed by atoms with van der Waals surface area (Å²) < 4.78 is 0. The van der Waals surface area contributed by atoms with E-state index in [9.17, 15) is 4.79 Å². The first-order valence-corrected chi connectivity index (χ1v) is 3.93. The molecule has 0 aliphatic carbocycles. The van der Waals surface area contributed by atoms with Crippen molar-refractivity contribution in [1.82, 2.24) is 0 Å². The maximum atomic E-state index is 10.9. The number of aliphatic hydroxyl groups excluding tert-OH is 6. The van der Waals surface area contributed by atoms with Crippen LogP contribution in [0.15, 0.2) is 0 Å². The van der Waals surface area contributed by atoms with E-state index in [1.165, 1.54) is 0 Å². The van der Waals surface area contributed by atoms with Crippen molar-refractivity contribution >= 4 is 5.78 Å². The zero-order valence-electron chi connectivity index (χ0n) is 7.32. The van der Waals surface area contributed by atoms with Crippen molar-refractivity contribution < 1.29 is 35.4 Å². The van der Waals surface area contributed by atoms with E-state index < -0.39 is 43.4 Å². The zero-order valence-corrected chi connectivity index (χ0v) is 7.32. The second-order valence-corrected chi connectivity index (χ2v) is 2.79. The van der Waals surface area contributed by atoms with Crippen LogP contribution >= 0.6 is 0 Å². The van der Waals surface area contributed by atoms with Crippen LogP contribution in [0.1, 0.15) is 0 Å². The molecule has 0 aromatic heterocycles. The lowest BCUT2D eigenvalue weighted by Crippen LogP contribution is -2.48. The van der Waals surface area contributed by atoms with Crippen molar-refractivity contribution in [2.75, 3.05) is 13.2 Å². The molecule has 0 aliphatic heterocycles. The molecule has 0 aromatic rings. The Hall–Kier alpha value is -0.570.